The predicted octanol–water partition coefficient (Wildman–Crippen LogP) is 3.13. The molecule has 1 aromatic heterocycles. The number of piperidine rings is 1. The van der Waals surface area contributed by atoms with Gasteiger partial charge in [-0.05, 0) is 44.2 Å². The van der Waals surface area contributed by atoms with Crippen LogP contribution in [0.5, 0.6) is 0 Å². The highest BCUT2D eigenvalue weighted by atomic mass is 15.3. The Bertz CT molecular complexity index is 727. The molecule has 3 unspecified atom stereocenters. The van der Waals surface area contributed by atoms with E-state index in [0.717, 1.165) is 51.5 Å². The van der Waals surface area contributed by atoms with Crippen molar-refractivity contribution in [3.8, 4) is 0 Å². The molecule has 1 aromatic carbocycles. The summed E-state index contributed by atoms with van der Waals surface area (Å²) in [5, 5.41) is 11.4. The molecule has 6 heteroatoms. The van der Waals surface area contributed by atoms with E-state index in [2.05, 4.69) is 71.7 Å². The third-order valence-corrected chi connectivity index (χ3v) is 5.55. The van der Waals surface area contributed by atoms with Crippen molar-refractivity contribution in [3.63, 3.8) is 0 Å². The van der Waals surface area contributed by atoms with Crippen molar-refractivity contribution >= 4 is 5.96 Å². The molecule has 0 radical (unpaired) electrons. The normalized spacial score (nSPS) is 21.7. The smallest absolute Gasteiger partial charge is 0.191 e. The van der Waals surface area contributed by atoms with Crippen molar-refractivity contribution in [2.45, 2.75) is 58.8 Å². The van der Waals surface area contributed by atoms with Gasteiger partial charge in [0.05, 0.1) is 0 Å². The number of rotatable bonds is 8. The van der Waals surface area contributed by atoms with E-state index in [0.29, 0.717) is 18.0 Å². The first kappa shape index (κ1) is 21.4. The molecule has 1 saturated heterocycles. The van der Waals surface area contributed by atoms with Gasteiger partial charge in [0, 0.05) is 57.2 Å². The molecular weight excluding hydrogens is 360 g/mol. The van der Waals surface area contributed by atoms with Gasteiger partial charge in [-0.15, -0.1) is 0 Å². The number of aromatic nitrogens is 2. The van der Waals surface area contributed by atoms with E-state index in [1.807, 2.05) is 23.1 Å². The molecule has 0 aliphatic carbocycles. The first-order valence-electron chi connectivity index (χ1n) is 10.9. The zero-order chi connectivity index (χ0) is 20.5. The molecule has 29 heavy (non-hydrogen) atoms. The minimum absolute atomic E-state index is 0.442. The van der Waals surface area contributed by atoms with E-state index in [1.165, 1.54) is 5.56 Å². The highest BCUT2D eigenvalue weighted by Crippen LogP contribution is 2.20. The number of aliphatic imine (C=N–C) groups is 1. The van der Waals surface area contributed by atoms with Crippen LogP contribution in [0.15, 0.2) is 53.8 Å². The lowest BCUT2D eigenvalue weighted by molar-refractivity contribution is 0.134. The van der Waals surface area contributed by atoms with E-state index in [9.17, 15) is 0 Å². The lowest BCUT2D eigenvalue weighted by atomic mass is 9.97. The van der Waals surface area contributed by atoms with Gasteiger partial charge in [0.2, 0.25) is 0 Å². The minimum Gasteiger partial charge on any atom is -0.357 e. The van der Waals surface area contributed by atoms with Crippen molar-refractivity contribution in [3.05, 3.63) is 54.4 Å². The van der Waals surface area contributed by atoms with E-state index >= 15 is 0 Å². The van der Waals surface area contributed by atoms with Gasteiger partial charge in [-0.2, -0.15) is 5.10 Å². The monoisotopic (exact) mass is 396 g/mol. The summed E-state index contributed by atoms with van der Waals surface area (Å²) in [6.07, 6.45) is 6.12. The molecule has 6 nitrogen and oxygen atoms in total. The SMILES string of the molecule is CCNC(=NCC(C)Cn1cccn1)NC1CCN(Cc2ccccc2)C(C)C1. The Balaban J connectivity index is 1.48. The lowest BCUT2D eigenvalue weighted by Crippen LogP contribution is -2.51. The van der Waals surface area contributed by atoms with Crippen molar-refractivity contribution in [2.24, 2.45) is 10.9 Å². The fourth-order valence-corrected chi connectivity index (χ4v) is 3.95. The largest absolute Gasteiger partial charge is 0.357 e. The summed E-state index contributed by atoms with van der Waals surface area (Å²) in [5.74, 6) is 1.38. The fraction of sp³-hybridized carbons (Fsp3) is 0.565. The molecule has 0 bridgehead atoms. The molecule has 1 fully saturated rings. The maximum Gasteiger partial charge on any atom is 0.191 e. The van der Waals surface area contributed by atoms with Crippen LogP contribution in [0.25, 0.3) is 0 Å². The fourth-order valence-electron chi connectivity index (χ4n) is 3.95. The second kappa shape index (κ2) is 11.0. The van der Waals surface area contributed by atoms with E-state index in [1.54, 1.807) is 0 Å². The van der Waals surface area contributed by atoms with Crippen LogP contribution < -0.4 is 10.6 Å². The molecule has 0 saturated carbocycles. The number of hydrogen-bond acceptors (Lipinski definition) is 3. The highest BCUT2D eigenvalue weighted by molar-refractivity contribution is 5.80. The van der Waals surface area contributed by atoms with Gasteiger partial charge in [0.15, 0.2) is 5.96 Å². The molecular formula is C23H36N6. The van der Waals surface area contributed by atoms with Crippen LogP contribution in [0.3, 0.4) is 0 Å². The third kappa shape index (κ3) is 6.89. The predicted molar refractivity (Wildman–Crippen MR) is 120 cm³/mol. The minimum atomic E-state index is 0.442. The Labute approximate surface area is 175 Å². The van der Waals surface area contributed by atoms with Gasteiger partial charge in [-0.1, -0.05) is 37.3 Å². The van der Waals surface area contributed by atoms with Crippen LogP contribution in [0, 0.1) is 5.92 Å². The van der Waals surface area contributed by atoms with Crippen LogP contribution >= 0.6 is 0 Å². The summed E-state index contributed by atoms with van der Waals surface area (Å²) in [4.78, 5) is 7.43. The first-order valence-corrected chi connectivity index (χ1v) is 10.9. The molecule has 158 valence electrons. The topological polar surface area (TPSA) is 57.5 Å². The summed E-state index contributed by atoms with van der Waals surface area (Å²) >= 11 is 0. The van der Waals surface area contributed by atoms with Crippen molar-refractivity contribution in [1.29, 1.82) is 0 Å². The summed E-state index contributed by atoms with van der Waals surface area (Å²) in [7, 11) is 0. The Hall–Kier alpha value is -2.34. The number of nitrogens with zero attached hydrogens (tertiary/aromatic N) is 4. The van der Waals surface area contributed by atoms with Crippen LogP contribution in [-0.2, 0) is 13.1 Å². The molecule has 0 amide bonds. The third-order valence-electron chi connectivity index (χ3n) is 5.55. The number of hydrogen-bond donors (Lipinski definition) is 2. The molecule has 2 heterocycles. The van der Waals surface area contributed by atoms with Crippen molar-refractivity contribution in [1.82, 2.24) is 25.3 Å². The number of benzene rings is 1. The average Bonchev–Trinajstić information content (AvgIpc) is 3.22. The van der Waals surface area contributed by atoms with Crippen LogP contribution in [0.4, 0.5) is 0 Å². The highest BCUT2D eigenvalue weighted by Gasteiger charge is 2.26. The van der Waals surface area contributed by atoms with Gasteiger partial charge in [0.25, 0.3) is 0 Å². The van der Waals surface area contributed by atoms with Gasteiger partial charge in [0.1, 0.15) is 0 Å². The standard InChI is InChI=1S/C23H36N6/c1-4-24-23(25-16-19(2)17-29-13-8-12-26-29)27-22-11-14-28(20(3)15-22)18-21-9-6-5-7-10-21/h5-10,12-13,19-20,22H,4,11,14-18H2,1-3H3,(H2,24,25,27). The zero-order valence-electron chi connectivity index (χ0n) is 18.1. The maximum absolute atomic E-state index is 4.84. The second-order valence-corrected chi connectivity index (χ2v) is 8.22. The van der Waals surface area contributed by atoms with Crippen molar-refractivity contribution < 1.29 is 0 Å². The molecule has 2 N–H and O–H groups in total. The van der Waals surface area contributed by atoms with Crippen LogP contribution in [0.1, 0.15) is 39.2 Å². The molecule has 0 spiro atoms. The molecule has 1 aliphatic rings. The van der Waals surface area contributed by atoms with E-state index < -0.39 is 0 Å². The van der Waals surface area contributed by atoms with Gasteiger partial charge in [-0.25, -0.2) is 0 Å². The van der Waals surface area contributed by atoms with Crippen molar-refractivity contribution in [2.75, 3.05) is 19.6 Å². The Morgan fingerprint density at radius 2 is 2.10 bits per heavy atom. The number of nitrogens with one attached hydrogen (secondary N) is 2. The lowest BCUT2D eigenvalue weighted by Gasteiger charge is -2.38. The van der Waals surface area contributed by atoms with Crippen LogP contribution in [-0.4, -0.2) is 52.4 Å². The molecule has 3 atom stereocenters. The summed E-state index contributed by atoms with van der Waals surface area (Å²) in [6, 6.07) is 13.8. The van der Waals surface area contributed by atoms with Gasteiger partial charge < -0.3 is 10.6 Å². The second-order valence-electron chi connectivity index (χ2n) is 8.22. The zero-order valence-corrected chi connectivity index (χ0v) is 18.1. The van der Waals surface area contributed by atoms with E-state index in [4.69, 9.17) is 4.99 Å². The molecule has 2 aromatic rings. The Kier molecular flexibility index (Phi) is 8.11. The molecule has 3 rings (SSSR count). The number of guanidine groups is 1. The maximum atomic E-state index is 4.84. The first-order chi connectivity index (χ1) is 14.1. The van der Waals surface area contributed by atoms with E-state index in [-0.39, 0.29) is 0 Å². The number of likely N-dealkylation sites (tertiary alicyclic amines) is 1. The van der Waals surface area contributed by atoms with Crippen LogP contribution in [0.2, 0.25) is 0 Å². The summed E-state index contributed by atoms with van der Waals surface area (Å²) < 4.78 is 1.98. The molecule has 1 aliphatic heterocycles. The Morgan fingerprint density at radius 1 is 1.28 bits per heavy atom. The summed E-state index contributed by atoms with van der Waals surface area (Å²) in [6.45, 7) is 11.4. The quantitative estimate of drug-likeness (QED) is 0.532. The average molecular weight is 397 g/mol. The summed E-state index contributed by atoms with van der Waals surface area (Å²) in [5.41, 5.74) is 1.40. The Morgan fingerprint density at radius 3 is 2.79 bits per heavy atom. The van der Waals surface area contributed by atoms with Gasteiger partial charge in [-0.3, -0.25) is 14.6 Å². The van der Waals surface area contributed by atoms with Gasteiger partial charge >= 0.3 is 0 Å².